The molecule has 3 heterocycles. The lowest BCUT2D eigenvalue weighted by atomic mass is 10.1. The van der Waals surface area contributed by atoms with E-state index in [9.17, 15) is 14.3 Å². The predicted molar refractivity (Wildman–Crippen MR) is 106 cm³/mol. The van der Waals surface area contributed by atoms with Crippen LogP contribution in [0.15, 0.2) is 43.0 Å². The number of rotatable bonds is 8. The molecule has 3 rings (SSSR count). The molecule has 156 valence electrons. The summed E-state index contributed by atoms with van der Waals surface area (Å²) in [5, 5.41) is 9.58. The Balaban J connectivity index is 1.64. The molecule has 1 unspecified atom stereocenters. The number of carbonyl (C=O) groups excluding carboxylic acids is 1. The summed E-state index contributed by atoms with van der Waals surface area (Å²) < 4.78 is 19.1. The quantitative estimate of drug-likeness (QED) is 0.379. The highest BCUT2D eigenvalue weighted by Crippen LogP contribution is 2.18. The number of ether oxygens (including phenoxy) is 1. The molecule has 30 heavy (non-hydrogen) atoms. The molecule has 10 heteroatoms. The van der Waals surface area contributed by atoms with Gasteiger partial charge >= 0.3 is 0 Å². The van der Waals surface area contributed by atoms with Gasteiger partial charge in [-0.25, -0.2) is 20.4 Å². The van der Waals surface area contributed by atoms with Crippen molar-refractivity contribution in [2.75, 3.05) is 6.61 Å². The van der Waals surface area contributed by atoms with Crippen LogP contribution in [-0.4, -0.2) is 37.6 Å². The van der Waals surface area contributed by atoms with E-state index in [0.29, 0.717) is 29.3 Å². The van der Waals surface area contributed by atoms with Crippen molar-refractivity contribution in [1.82, 2.24) is 30.8 Å². The molecule has 0 aliphatic rings. The van der Waals surface area contributed by atoms with E-state index in [0.717, 1.165) is 0 Å². The minimum atomic E-state index is -0.776. The first-order valence-corrected chi connectivity index (χ1v) is 9.24. The Bertz CT molecular complexity index is 1010. The summed E-state index contributed by atoms with van der Waals surface area (Å²) in [6.45, 7) is 3.91. The molecule has 0 aliphatic carbocycles. The van der Waals surface area contributed by atoms with Gasteiger partial charge in [0.1, 0.15) is 5.69 Å². The fourth-order valence-corrected chi connectivity index (χ4v) is 2.53. The zero-order chi connectivity index (χ0) is 21.5. The van der Waals surface area contributed by atoms with Crippen LogP contribution in [0.4, 0.5) is 4.39 Å². The lowest BCUT2D eigenvalue weighted by molar-refractivity contribution is 0.0926. The molecule has 0 spiro atoms. The van der Waals surface area contributed by atoms with Crippen LogP contribution in [0.2, 0.25) is 0 Å². The first kappa shape index (κ1) is 21.2. The zero-order valence-corrected chi connectivity index (χ0v) is 16.5. The monoisotopic (exact) mass is 412 g/mol. The number of hydrogen-bond acceptors (Lipinski definition) is 8. The normalized spacial score (nSPS) is 11.7. The van der Waals surface area contributed by atoms with Crippen molar-refractivity contribution < 1.29 is 19.0 Å². The number of aromatic nitrogens is 4. The predicted octanol–water partition coefficient (Wildman–Crippen LogP) is 1.96. The molecule has 1 atom stereocenters. The van der Waals surface area contributed by atoms with Gasteiger partial charge in [-0.3, -0.25) is 15.2 Å². The van der Waals surface area contributed by atoms with Crippen LogP contribution in [0.1, 0.15) is 41.6 Å². The SMILES string of the molecule is CCOc1ccc(-c2cncc(C(=O)NNCc3cc(C(C)O)cnc3F)n2)cn1. The minimum Gasteiger partial charge on any atom is -0.478 e. The van der Waals surface area contributed by atoms with Gasteiger partial charge in [0.05, 0.1) is 30.8 Å². The van der Waals surface area contributed by atoms with Crippen molar-refractivity contribution >= 4 is 5.91 Å². The second kappa shape index (κ2) is 9.81. The topological polar surface area (TPSA) is 122 Å². The summed E-state index contributed by atoms with van der Waals surface area (Å²) in [5.74, 6) is -0.733. The Labute approximate surface area is 172 Å². The molecule has 0 radical (unpaired) electrons. The maximum atomic E-state index is 13.8. The number of pyridine rings is 2. The van der Waals surface area contributed by atoms with Crippen LogP contribution in [0.25, 0.3) is 11.3 Å². The summed E-state index contributed by atoms with van der Waals surface area (Å²) in [4.78, 5) is 28.5. The van der Waals surface area contributed by atoms with E-state index >= 15 is 0 Å². The van der Waals surface area contributed by atoms with Crippen molar-refractivity contribution in [2.45, 2.75) is 26.5 Å². The molecule has 3 aromatic heterocycles. The fraction of sp³-hybridized carbons (Fsp3) is 0.250. The number of hydrazine groups is 1. The van der Waals surface area contributed by atoms with E-state index in [1.54, 1.807) is 25.3 Å². The lowest BCUT2D eigenvalue weighted by Crippen LogP contribution is -2.37. The molecule has 1 amide bonds. The Hall–Kier alpha value is -3.50. The highest BCUT2D eigenvalue weighted by molar-refractivity contribution is 5.92. The molecule has 0 aliphatic heterocycles. The number of amides is 1. The molecule has 0 aromatic carbocycles. The number of nitrogens with one attached hydrogen (secondary N) is 2. The van der Waals surface area contributed by atoms with E-state index in [4.69, 9.17) is 4.74 Å². The molecular formula is C20H21FN6O3. The number of aliphatic hydroxyl groups is 1. The van der Waals surface area contributed by atoms with Gasteiger partial charge in [-0.1, -0.05) is 0 Å². The third-order valence-corrected chi connectivity index (χ3v) is 4.09. The van der Waals surface area contributed by atoms with Gasteiger partial charge in [-0.05, 0) is 31.5 Å². The number of halogens is 1. The van der Waals surface area contributed by atoms with E-state index in [-0.39, 0.29) is 17.8 Å². The van der Waals surface area contributed by atoms with Crippen molar-refractivity contribution in [1.29, 1.82) is 0 Å². The number of carbonyl (C=O) groups is 1. The highest BCUT2D eigenvalue weighted by atomic mass is 19.1. The third-order valence-electron chi connectivity index (χ3n) is 4.09. The van der Waals surface area contributed by atoms with Crippen LogP contribution in [0.5, 0.6) is 5.88 Å². The number of nitrogens with zero attached hydrogens (tertiary/aromatic N) is 4. The summed E-state index contributed by atoms with van der Waals surface area (Å²) in [6.07, 6.45) is 4.91. The Morgan fingerprint density at radius 3 is 2.77 bits per heavy atom. The fourth-order valence-electron chi connectivity index (χ4n) is 2.53. The first-order valence-electron chi connectivity index (χ1n) is 9.24. The van der Waals surface area contributed by atoms with Crippen LogP contribution in [0.3, 0.4) is 0 Å². The van der Waals surface area contributed by atoms with E-state index < -0.39 is 18.0 Å². The number of hydrogen-bond donors (Lipinski definition) is 3. The molecule has 3 N–H and O–H groups in total. The maximum Gasteiger partial charge on any atom is 0.285 e. The molecule has 0 fully saturated rings. The van der Waals surface area contributed by atoms with Gasteiger partial charge in [0.25, 0.3) is 5.91 Å². The average Bonchev–Trinajstić information content (AvgIpc) is 2.75. The molecule has 0 bridgehead atoms. The largest absolute Gasteiger partial charge is 0.478 e. The highest BCUT2D eigenvalue weighted by Gasteiger charge is 2.12. The smallest absolute Gasteiger partial charge is 0.285 e. The van der Waals surface area contributed by atoms with Gasteiger partial charge in [-0.2, -0.15) is 4.39 Å². The maximum absolute atomic E-state index is 13.8. The van der Waals surface area contributed by atoms with Crippen LogP contribution >= 0.6 is 0 Å². The standard InChI is InChI=1S/C20H21FN6O3/c1-3-30-18-5-4-13(7-23-18)16-10-22-11-17(26-16)20(29)27-25-9-15-6-14(12(2)28)8-24-19(15)21/h4-8,10-12,25,28H,3,9H2,1-2H3,(H,27,29). The Morgan fingerprint density at radius 1 is 1.23 bits per heavy atom. The summed E-state index contributed by atoms with van der Waals surface area (Å²) in [7, 11) is 0. The Morgan fingerprint density at radius 2 is 2.07 bits per heavy atom. The molecular weight excluding hydrogens is 391 g/mol. The third kappa shape index (κ3) is 5.31. The molecule has 9 nitrogen and oxygen atoms in total. The van der Waals surface area contributed by atoms with Crippen LogP contribution in [-0.2, 0) is 6.54 Å². The van der Waals surface area contributed by atoms with Crippen LogP contribution < -0.4 is 15.6 Å². The van der Waals surface area contributed by atoms with Gasteiger partial charge in [0, 0.05) is 36.1 Å². The Kier molecular flexibility index (Phi) is 6.94. The van der Waals surface area contributed by atoms with Gasteiger partial charge in [-0.15, -0.1) is 0 Å². The summed E-state index contributed by atoms with van der Waals surface area (Å²) in [5.41, 5.74) is 6.97. The van der Waals surface area contributed by atoms with Crippen molar-refractivity contribution in [3.05, 3.63) is 65.8 Å². The molecule has 0 saturated carbocycles. The minimum absolute atomic E-state index is 0.0267. The van der Waals surface area contributed by atoms with E-state index in [2.05, 4.69) is 30.8 Å². The van der Waals surface area contributed by atoms with Gasteiger partial charge < -0.3 is 9.84 Å². The van der Waals surface area contributed by atoms with Crippen molar-refractivity contribution in [3.8, 4) is 17.1 Å². The summed E-state index contributed by atoms with van der Waals surface area (Å²) in [6, 6.07) is 4.96. The molecule has 0 saturated heterocycles. The average molecular weight is 412 g/mol. The second-order valence-corrected chi connectivity index (χ2v) is 6.31. The second-order valence-electron chi connectivity index (χ2n) is 6.31. The van der Waals surface area contributed by atoms with Gasteiger partial charge in [0.2, 0.25) is 11.8 Å². The summed E-state index contributed by atoms with van der Waals surface area (Å²) >= 11 is 0. The van der Waals surface area contributed by atoms with Crippen molar-refractivity contribution in [2.24, 2.45) is 0 Å². The lowest BCUT2D eigenvalue weighted by Gasteiger charge is -2.10. The van der Waals surface area contributed by atoms with Crippen LogP contribution in [0, 0.1) is 5.95 Å². The first-order chi connectivity index (χ1) is 14.5. The zero-order valence-electron chi connectivity index (χ0n) is 16.5. The number of aliphatic hydroxyl groups excluding tert-OH is 1. The molecule has 3 aromatic rings. The van der Waals surface area contributed by atoms with E-state index in [1.165, 1.54) is 24.7 Å². The van der Waals surface area contributed by atoms with Gasteiger partial charge in [0.15, 0.2) is 0 Å². The van der Waals surface area contributed by atoms with Crippen molar-refractivity contribution in [3.63, 3.8) is 0 Å². The van der Waals surface area contributed by atoms with E-state index in [1.807, 2.05) is 6.92 Å².